The van der Waals surface area contributed by atoms with Crippen molar-refractivity contribution in [1.29, 1.82) is 0 Å². The molecule has 0 fully saturated rings. The highest BCUT2D eigenvalue weighted by molar-refractivity contribution is 5.66. The van der Waals surface area contributed by atoms with Crippen LogP contribution in [0.3, 0.4) is 0 Å². The molecule has 0 amide bonds. The van der Waals surface area contributed by atoms with Crippen molar-refractivity contribution in [3.8, 4) is 0 Å². The molecule has 88 valence electrons. The molecule has 0 saturated heterocycles. The summed E-state index contributed by atoms with van der Waals surface area (Å²) < 4.78 is 37.3. The molecule has 1 heterocycles. The lowest BCUT2D eigenvalue weighted by molar-refractivity contribution is -0.141. The lowest BCUT2D eigenvalue weighted by Crippen LogP contribution is -2.29. The molecule has 0 unspecified atom stereocenters. The van der Waals surface area contributed by atoms with E-state index in [1.54, 1.807) is 0 Å². The maximum absolute atomic E-state index is 12.2. The Morgan fingerprint density at radius 3 is 2.50 bits per heavy atom. The minimum atomic E-state index is -4.72. The molecule has 0 aliphatic rings. The van der Waals surface area contributed by atoms with E-state index in [2.05, 4.69) is 4.98 Å². The highest BCUT2D eigenvalue weighted by atomic mass is 19.4. The number of carboxylic acid groups (broad SMARTS) is 1. The predicted octanol–water partition coefficient (Wildman–Crippen LogP) is 0.655. The quantitative estimate of drug-likeness (QED) is 0.818. The molecule has 0 radical (unpaired) electrons. The van der Waals surface area contributed by atoms with E-state index >= 15 is 0 Å². The van der Waals surface area contributed by atoms with Gasteiger partial charge in [-0.1, -0.05) is 0 Å². The van der Waals surface area contributed by atoms with Crippen LogP contribution in [-0.2, 0) is 17.5 Å². The van der Waals surface area contributed by atoms with Gasteiger partial charge in [-0.25, -0.2) is 4.98 Å². The number of nitrogens with zero attached hydrogens (tertiary/aromatic N) is 2. The van der Waals surface area contributed by atoms with E-state index in [-0.39, 0.29) is 11.9 Å². The third-order valence-electron chi connectivity index (χ3n) is 1.78. The molecule has 0 bridgehead atoms. The first-order chi connectivity index (χ1) is 7.21. The Hall–Kier alpha value is -1.86. The molecule has 0 spiro atoms. The lowest BCUT2D eigenvalue weighted by atomic mass is 10.3. The van der Waals surface area contributed by atoms with Crippen molar-refractivity contribution in [2.75, 3.05) is 0 Å². The summed E-state index contributed by atoms with van der Waals surface area (Å²) >= 11 is 0. The molecule has 1 rings (SSSR count). The fraction of sp³-hybridized carbons (Fsp3) is 0.375. The molecule has 0 aromatic carbocycles. The summed E-state index contributed by atoms with van der Waals surface area (Å²) in [6.07, 6.45) is -4.72. The van der Waals surface area contributed by atoms with Gasteiger partial charge in [-0.3, -0.25) is 14.2 Å². The van der Waals surface area contributed by atoms with Gasteiger partial charge in [-0.05, 0) is 6.92 Å². The van der Waals surface area contributed by atoms with Crippen LogP contribution < -0.4 is 5.56 Å². The Morgan fingerprint density at radius 2 is 2.12 bits per heavy atom. The van der Waals surface area contributed by atoms with Gasteiger partial charge >= 0.3 is 12.1 Å². The predicted molar refractivity (Wildman–Crippen MR) is 45.9 cm³/mol. The van der Waals surface area contributed by atoms with Crippen LogP contribution in [0.2, 0.25) is 0 Å². The second-order valence-electron chi connectivity index (χ2n) is 3.00. The van der Waals surface area contributed by atoms with Crippen molar-refractivity contribution in [3.63, 3.8) is 0 Å². The van der Waals surface area contributed by atoms with E-state index < -0.39 is 29.9 Å². The lowest BCUT2D eigenvalue weighted by Gasteiger charge is -2.10. The van der Waals surface area contributed by atoms with Crippen LogP contribution in [0.25, 0.3) is 0 Å². The van der Waals surface area contributed by atoms with Crippen LogP contribution in [0.15, 0.2) is 10.9 Å². The molecule has 0 aliphatic heterocycles. The number of hydrogen-bond acceptors (Lipinski definition) is 3. The number of halogens is 3. The van der Waals surface area contributed by atoms with E-state index in [4.69, 9.17) is 5.11 Å². The van der Waals surface area contributed by atoms with Crippen LogP contribution >= 0.6 is 0 Å². The van der Waals surface area contributed by atoms with Crippen molar-refractivity contribution >= 4 is 5.97 Å². The second kappa shape index (κ2) is 3.95. The van der Waals surface area contributed by atoms with E-state index in [0.29, 0.717) is 4.57 Å². The second-order valence-corrected chi connectivity index (χ2v) is 3.00. The Labute approximate surface area is 87.2 Å². The molecule has 0 atom stereocenters. The first-order valence-electron chi connectivity index (χ1n) is 4.09. The van der Waals surface area contributed by atoms with Crippen molar-refractivity contribution in [3.05, 3.63) is 27.9 Å². The van der Waals surface area contributed by atoms with Gasteiger partial charge in [0.05, 0.1) is 0 Å². The fourth-order valence-electron chi connectivity index (χ4n) is 1.09. The van der Waals surface area contributed by atoms with Crippen LogP contribution in [0.5, 0.6) is 0 Å². The molecular formula is C8H7F3N2O3. The molecule has 0 aliphatic carbocycles. The largest absolute Gasteiger partial charge is 0.480 e. The Morgan fingerprint density at radius 1 is 1.56 bits per heavy atom. The maximum Gasteiger partial charge on any atom is 0.433 e. The third-order valence-corrected chi connectivity index (χ3v) is 1.78. The summed E-state index contributed by atoms with van der Waals surface area (Å²) in [6, 6.07) is 0.274. The SMILES string of the molecule is Cc1nc(C(F)(F)F)cc(=O)n1CC(=O)O. The summed E-state index contributed by atoms with van der Waals surface area (Å²) in [6.45, 7) is 0.426. The standard InChI is InChI=1S/C8H7F3N2O3/c1-4-12-5(8(9,10)11)2-6(14)13(4)3-7(15)16/h2H,3H2,1H3,(H,15,16). The van der Waals surface area contributed by atoms with E-state index in [1.807, 2.05) is 0 Å². The highest BCUT2D eigenvalue weighted by Gasteiger charge is 2.33. The number of rotatable bonds is 2. The van der Waals surface area contributed by atoms with Crippen LogP contribution in [0.4, 0.5) is 13.2 Å². The van der Waals surface area contributed by atoms with Crippen LogP contribution in [-0.4, -0.2) is 20.6 Å². The van der Waals surface area contributed by atoms with Crippen molar-refractivity contribution in [2.45, 2.75) is 19.6 Å². The topological polar surface area (TPSA) is 72.2 Å². The number of carboxylic acids is 1. The van der Waals surface area contributed by atoms with Crippen LogP contribution in [0.1, 0.15) is 11.5 Å². The van der Waals surface area contributed by atoms with E-state index in [9.17, 15) is 22.8 Å². The molecule has 1 aromatic rings. The van der Waals surface area contributed by atoms with Gasteiger partial charge < -0.3 is 5.11 Å². The minimum absolute atomic E-state index is 0.274. The summed E-state index contributed by atoms with van der Waals surface area (Å²) in [4.78, 5) is 24.7. The summed E-state index contributed by atoms with van der Waals surface area (Å²) in [5.74, 6) is -1.62. The zero-order valence-electron chi connectivity index (χ0n) is 8.08. The molecule has 16 heavy (non-hydrogen) atoms. The molecular weight excluding hydrogens is 229 g/mol. The summed E-state index contributed by atoms with van der Waals surface area (Å²) in [5.41, 5.74) is -2.36. The van der Waals surface area contributed by atoms with Gasteiger partial charge in [0.2, 0.25) is 0 Å². The number of aliphatic carboxylic acids is 1. The van der Waals surface area contributed by atoms with Crippen molar-refractivity contribution in [2.24, 2.45) is 0 Å². The number of carbonyl (C=O) groups is 1. The zero-order chi connectivity index (χ0) is 12.5. The summed E-state index contributed by atoms with van der Waals surface area (Å²) in [7, 11) is 0. The van der Waals surface area contributed by atoms with Gasteiger partial charge in [0.1, 0.15) is 12.4 Å². The van der Waals surface area contributed by atoms with Crippen LogP contribution in [0, 0.1) is 6.92 Å². The van der Waals surface area contributed by atoms with Crippen molar-refractivity contribution in [1.82, 2.24) is 9.55 Å². The average Bonchev–Trinajstić information content (AvgIpc) is 2.09. The van der Waals surface area contributed by atoms with Gasteiger partial charge in [0.15, 0.2) is 5.69 Å². The highest BCUT2D eigenvalue weighted by Crippen LogP contribution is 2.26. The first kappa shape index (κ1) is 12.2. The first-order valence-corrected chi connectivity index (χ1v) is 4.09. The maximum atomic E-state index is 12.2. The molecule has 8 heteroatoms. The van der Waals surface area contributed by atoms with Gasteiger partial charge in [0, 0.05) is 6.07 Å². The molecule has 1 aromatic heterocycles. The molecule has 1 N–H and O–H groups in total. The van der Waals surface area contributed by atoms with Crippen molar-refractivity contribution < 1.29 is 23.1 Å². The Kier molecular flexibility index (Phi) is 3.02. The Bertz CT molecular complexity index is 478. The molecule has 0 saturated carbocycles. The monoisotopic (exact) mass is 236 g/mol. The number of aryl methyl sites for hydroxylation is 1. The smallest absolute Gasteiger partial charge is 0.433 e. The number of aromatic nitrogens is 2. The fourth-order valence-corrected chi connectivity index (χ4v) is 1.09. The number of hydrogen-bond donors (Lipinski definition) is 1. The normalized spacial score (nSPS) is 11.5. The average molecular weight is 236 g/mol. The third kappa shape index (κ3) is 2.59. The molecule has 5 nitrogen and oxygen atoms in total. The minimum Gasteiger partial charge on any atom is -0.480 e. The zero-order valence-corrected chi connectivity index (χ0v) is 8.08. The number of alkyl halides is 3. The van der Waals surface area contributed by atoms with Gasteiger partial charge in [-0.2, -0.15) is 13.2 Å². The van der Waals surface area contributed by atoms with E-state index in [0.717, 1.165) is 6.92 Å². The Balaban J connectivity index is 3.29. The summed E-state index contributed by atoms with van der Waals surface area (Å²) in [5, 5.41) is 8.44. The van der Waals surface area contributed by atoms with E-state index in [1.165, 1.54) is 0 Å². The van der Waals surface area contributed by atoms with Gasteiger partial charge in [-0.15, -0.1) is 0 Å². The van der Waals surface area contributed by atoms with Gasteiger partial charge in [0.25, 0.3) is 5.56 Å².